The molecule has 3 N–H and O–H groups in total. The van der Waals surface area contributed by atoms with E-state index in [9.17, 15) is 15.0 Å². The van der Waals surface area contributed by atoms with Crippen molar-refractivity contribution in [3.05, 3.63) is 36.2 Å². The van der Waals surface area contributed by atoms with Gasteiger partial charge in [0.1, 0.15) is 0 Å². The van der Waals surface area contributed by atoms with Crippen LogP contribution in [-0.4, -0.2) is 44.8 Å². The summed E-state index contributed by atoms with van der Waals surface area (Å²) in [5, 5.41) is 21.4. The van der Waals surface area contributed by atoms with E-state index < -0.39 is 5.54 Å². The standard InChI is InChI=1S/C14H17N3O3/c1-2-14(8-18,9-19)17-13(20)10-3-4-11-12(7-10)16-6-5-15-11/h3-7,18-19H,2,8-9H2,1H3,(H,17,20). The average molecular weight is 275 g/mol. The average Bonchev–Trinajstić information content (AvgIpc) is 2.52. The maximum atomic E-state index is 12.2. The number of amides is 1. The summed E-state index contributed by atoms with van der Waals surface area (Å²) < 4.78 is 0. The van der Waals surface area contributed by atoms with Crippen LogP contribution in [0.5, 0.6) is 0 Å². The van der Waals surface area contributed by atoms with Crippen molar-refractivity contribution in [3.63, 3.8) is 0 Å². The zero-order valence-corrected chi connectivity index (χ0v) is 11.2. The molecule has 6 heteroatoms. The van der Waals surface area contributed by atoms with Crippen LogP contribution in [0.3, 0.4) is 0 Å². The molecule has 2 aromatic rings. The summed E-state index contributed by atoms with van der Waals surface area (Å²) in [5.74, 6) is -0.359. The molecule has 0 unspecified atom stereocenters. The predicted molar refractivity (Wildman–Crippen MR) is 74.2 cm³/mol. The lowest BCUT2D eigenvalue weighted by atomic mass is 9.97. The Labute approximate surface area is 116 Å². The van der Waals surface area contributed by atoms with Gasteiger partial charge in [0.15, 0.2) is 0 Å². The van der Waals surface area contributed by atoms with Crippen LogP contribution in [-0.2, 0) is 0 Å². The molecule has 0 spiro atoms. The highest BCUT2D eigenvalue weighted by Crippen LogP contribution is 2.14. The number of aliphatic hydroxyl groups is 2. The summed E-state index contributed by atoms with van der Waals surface area (Å²) in [4.78, 5) is 20.5. The fourth-order valence-electron chi connectivity index (χ4n) is 1.86. The van der Waals surface area contributed by atoms with Gasteiger partial charge in [-0.1, -0.05) is 6.92 Å². The lowest BCUT2D eigenvalue weighted by molar-refractivity contribution is 0.0653. The van der Waals surface area contributed by atoms with Crippen molar-refractivity contribution in [3.8, 4) is 0 Å². The van der Waals surface area contributed by atoms with Crippen LogP contribution < -0.4 is 5.32 Å². The molecule has 1 aromatic carbocycles. The Hall–Kier alpha value is -2.05. The molecule has 0 saturated carbocycles. The summed E-state index contributed by atoms with van der Waals surface area (Å²) in [6.45, 7) is 1.15. The van der Waals surface area contributed by atoms with Crippen LogP contribution in [0.4, 0.5) is 0 Å². The van der Waals surface area contributed by atoms with Crippen LogP contribution in [0.15, 0.2) is 30.6 Å². The highest BCUT2D eigenvalue weighted by molar-refractivity contribution is 5.97. The third kappa shape index (κ3) is 2.76. The number of fused-ring (bicyclic) bond motifs is 1. The molecule has 1 aromatic heterocycles. The minimum absolute atomic E-state index is 0.320. The molecule has 0 bridgehead atoms. The van der Waals surface area contributed by atoms with Crippen molar-refractivity contribution in [1.82, 2.24) is 15.3 Å². The van der Waals surface area contributed by atoms with Crippen LogP contribution in [0.25, 0.3) is 11.0 Å². The largest absolute Gasteiger partial charge is 0.394 e. The third-order valence-electron chi connectivity index (χ3n) is 3.39. The van der Waals surface area contributed by atoms with Crippen LogP contribution in [0.1, 0.15) is 23.7 Å². The molecule has 0 atom stereocenters. The van der Waals surface area contributed by atoms with Gasteiger partial charge in [0, 0.05) is 18.0 Å². The van der Waals surface area contributed by atoms with Crippen LogP contribution >= 0.6 is 0 Å². The Balaban J connectivity index is 2.27. The maximum Gasteiger partial charge on any atom is 0.251 e. The van der Waals surface area contributed by atoms with Gasteiger partial charge in [-0.15, -0.1) is 0 Å². The van der Waals surface area contributed by atoms with Crippen LogP contribution in [0, 0.1) is 0 Å². The van der Waals surface area contributed by atoms with Gasteiger partial charge in [-0.3, -0.25) is 14.8 Å². The fraction of sp³-hybridized carbons (Fsp3) is 0.357. The number of carbonyl (C=O) groups is 1. The Bertz CT molecular complexity index is 603. The first-order valence-electron chi connectivity index (χ1n) is 6.39. The molecule has 0 radical (unpaired) electrons. The minimum Gasteiger partial charge on any atom is -0.394 e. The molecule has 0 fully saturated rings. The quantitative estimate of drug-likeness (QED) is 0.738. The summed E-state index contributed by atoms with van der Waals surface area (Å²) in [5.41, 5.74) is 0.733. The number of rotatable bonds is 5. The van der Waals surface area contributed by atoms with Gasteiger partial charge in [0.05, 0.1) is 29.8 Å². The predicted octanol–water partition coefficient (Wildman–Crippen LogP) is 0.493. The zero-order valence-electron chi connectivity index (χ0n) is 11.2. The summed E-state index contributed by atoms with van der Waals surface area (Å²) in [7, 11) is 0. The first-order chi connectivity index (χ1) is 9.64. The number of nitrogens with one attached hydrogen (secondary N) is 1. The lowest BCUT2D eigenvalue weighted by Crippen LogP contribution is -2.53. The first-order valence-corrected chi connectivity index (χ1v) is 6.39. The molecule has 2 rings (SSSR count). The first kappa shape index (κ1) is 14.4. The molecule has 0 saturated heterocycles. The van der Waals surface area contributed by atoms with Crippen molar-refractivity contribution in [1.29, 1.82) is 0 Å². The Morgan fingerprint density at radius 2 is 1.85 bits per heavy atom. The molecule has 1 heterocycles. The second-order valence-corrected chi connectivity index (χ2v) is 4.66. The van der Waals surface area contributed by atoms with Gasteiger partial charge in [-0.05, 0) is 24.6 Å². The highest BCUT2D eigenvalue weighted by Gasteiger charge is 2.28. The molecule has 6 nitrogen and oxygen atoms in total. The number of hydrogen-bond donors (Lipinski definition) is 3. The van der Waals surface area contributed by atoms with Crippen molar-refractivity contribution < 1.29 is 15.0 Å². The number of carbonyl (C=O) groups excluding carboxylic acids is 1. The molecule has 0 aliphatic heterocycles. The van der Waals surface area contributed by atoms with E-state index in [2.05, 4.69) is 15.3 Å². The topological polar surface area (TPSA) is 95.3 Å². The van der Waals surface area contributed by atoms with E-state index in [1.807, 2.05) is 0 Å². The van der Waals surface area contributed by atoms with Gasteiger partial charge < -0.3 is 15.5 Å². The van der Waals surface area contributed by atoms with Crippen molar-refractivity contribution in [2.45, 2.75) is 18.9 Å². The Kier molecular flexibility index (Phi) is 4.26. The molecular formula is C14H17N3O3. The number of nitrogens with zero attached hydrogens (tertiary/aromatic N) is 2. The summed E-state index contributed by atoms with van der Waals surface area (Å²) in [6.07, 6.45) is 3.57. The maximum absolute atomic E-state index is 12.2. The number of aromatic nitrogens is 2. The summed E-state index contributed by atoms with van der Waals surface area (Å²) in [6, 6.07) is 4.98. The SMILES string of the molecule is CCC(CO)(CO)NC(=O)c1ccc2nccnc2c1. The molecule has 20 heavy (non-hydrogen) atoms. The molecule has 1 amide bonds. The van der Waals surface area contributed by atoms with Gasteiger partial charge in [-0.25, -0.2) is 0 Å². The summed E-state index contributed by atoms with van der Waals surface area (Å²) >= 11 is 0. The normalized spacial score (nSPS) is 11.6. The lowest BCUT2D eigenvalue weighted by Gasteiger charge is -2.29. The van der Waals surface area contributed by atoms with E-state index in [0.29, 0.717) is 23.0 Å². The van der Waals surface area contributed by atoms with Gasteiger partial charge in [-0.2, -0.15) is 0 Å². The van der Waals surface area contributed by atoms with Crippen LogP contribution in [0.2, 0.25) is 0 Å². The van der Waals surface area contributed by atoms with Gasteiger partial charge in [0.25, 0.3) is 5.91 Å². The van der Waals surface area contributed by atoms with E-state index >= 15 is 0 Å². The number of hydrogen-bond acceptors (Lipinski definition) is 5. The Morgan fingerprint density at radius 1 is 1.20 bits per heavy atom. The van der Waals surface area contributed by atoms with Crippen molar-refractivity contribution in [2.75, 3.05) is 13.2 Å². The minimum atomic E-state index is -1.01. The molecule has 106 valence electrons. The second kappa shape index (κ2) is 5.94. The molecule has 0 aliphatic rings. The van der Waals surface area contributed by atoms with Gasteiger partial charge >= 0.3 is 0 Å². The highest BCUT2D eigenvalue weighted by atomic mass is 16.3. The van der Waals surface area contributed by atoms with E-state index in [0.717, 1.165) is 0 Å². The van der Waals surface area contributed by atoms with E-state index in [1.165, 1.54) is 0 Å². The zero-order chi connectivity index (χ0) is 14.6. The Morgan fingerprint density at radius 3 is 2.45 bits per heavy atom. The monoisotopic (exact) mass is 275 g/mol. The molecule has 0 aliphatic carbocycles. The third-order valence-corrected chi connectivity index (χ3v) is 3.39. The van der Waals surface area contributed by atoms with E-state index in [4.69, 9.17) is 0 Å². The number of benzene rings is 1. The number of aliphatic hydroxyl groups excluding tert-OH is 2. The fourth-order valence-corrected chi connectivity index (χ4v) is 1.86. The molecular weight excluding hydrogens is 258 g/mol. The van der Waals surface area contributed by atoms with E-state index in [1.54, 1.807) is 37.5 Å². The second-order valence-electron chi connectivity index (χ2n) is 4.66. The van der Waals surface area contributed by atoms with Crippen molar-refractivity contribution in [2.24, 2.45) is 0 Å². The van der Waals surface area contributed by atoms with Gasteiger partial charge in [0.2, 0.25) is 0 Å². The van der Waals surface area contributed by atoms with Crippen molar-refractivity contribution >= 4 is 16.9 Å². The smallest absolute Gasteiger partial charge is 0.251 e. The van der Waals surface area contributed by atoms with E-state index in [-0.39, 0.29) is 19.1 Å².